The molecular weight excluding hydrogens is 308 g/mol. The van der Waals surface area contributed by atoms with Crippen molar-refractivity contribution < 1.29 is 4.79 Å². The number of hydrogen-bond acceptors (Lipinski definition) is 5. The van der Waals surface area contributed by atoms with Crippen LogP contribution in [-0.4, -0.2) is 20.9 Å². The lowest BCUT2D eigenvalue weighted by atomic mass is 10.1. The summed E-state index contributed by atoms with van der Waals surface area (Å²) in [5, 5.41) is 5.26. The maximum Gasteiger partial charge on any atom is 0.276 e. The van der Waals surface area contributed by atoms with Crippen LogP contribution in [-0.2, 0) is 0 Å². The largest absolute Gasteiger partial charge is 0.296 e. The third kappa shape index (κ3) is 3.60. The molecule has 3 aromatic heterocycles. The summed E-state index contributed by atoms with van der Waals surface area (Å²) in [6.45, 7) is 5.71. The van der Waals surface area contributed by atoms with Crippen molar-refractivity contribution in [1.82, 2.24) is 15.0 Å². The first kappa shape index (κ1) is 15.3. The Balaban J connectivity index is 1.92. The van der Waals surface area contributed by atoms with Crippen molar-refractivity contribution in [3.05, 3.63) is 58.6 Å². The Morgan fingerprint density at radius 3 is 2.48 bits per heavy atom. The van der Waals surface area contributed by atoms with Crippen LogP contribution in [0.2, 0.25) is 0 Å². The molecule has 23 heavy (non-hydrogen) atoms. The van der Waals surface area contributed by atoms with Crippen LogP contribution in [0.4, 0.5) is 5.13 Å². The van der Waals surface area contributed by atoms with Crippen molar-refractivity contribution in [3.8, 4) is 11.1 Å². The summed E-state index contributed by atoms with van der Waals surface area (Å²) in [6, 6.07) is 7.66. The van der Waals surface area contributed by atoms with Gasteiger partial charge in [-0.2, -0.15) is 0 Å². The van der Waals surface area contributed by atoms with E-state index in [0.29, 0.717) is 10.8 Å². The zero-order valence-electron chi connectivity index (χ0n) is 13.1. The second-order valence-corrected chi connectivity index (χ2v) is 6.17. The van der Waals surface area contributed by atoms with E-state index in [1.807, 2.05) is 44.4 Å². The molecule has 116 valence electrons. The van der Waals surface area contributed by atoms with Gasteiger partial charge in [0.05, 0.1) is 5.69 Å². The van der Waals surface area contributed by atoms with Gasteiger partial charge in [0.15, 0.2) is 5.13 Å². The first-order valence-corrected chi connectivity index (χ1v) is 8.04. The number of hydrogen-bond donors (Lipinski definition) is 1. The number of aryl methyl sites for hydroxylation is 3. The number of aromatic nitrogens is 3. The number of thiazole rings is 1. The van der Waals surface area contributed by atoms with Gasteiger partial charge in [-0.15, -0.1) is 11.3 Å². The van der Waals surface area contributed by atoms with Gasteiger partial charge in [-0.05, 0) is 56.2 Å². The molecule has 3 rings (SSSR count). The second-order valence-electron chi connectivity index (χ2n) is 5.32. The van der Waals surface area contributed by atoms with Gasteiger partial charge in [0.2, 0.25) is 0 Å². The van der Waals surface area contributed by atoms with Crippen molar-refractivity contribution in [3.63, 3.8) is 0 Å². The van der Waals surface area contributed by atoms with Gasteiger partial charge in [-0.3, -0.25) is 15.1 Å². The Morgan fingerprint density at radius 1 is 1.00 bits per heavy atom. The molecule has 3 heterocycles. The van der Waals surface area contributed by atoms with E-state index in [-0.39, 0.29) is 5.91 Å². The summed E-state index contributed by atoms with van der Waals surface area (Å²) in [4.78, 5) is 25.2. The van der Waals surface area contributed by atoms with E-state index in [0.717, 1.165) is 28.2 Å². The maximum absolute atomic E-state index is 12.4. The fourth-order valence-electron chi connectivity index (χ4n) is 2.25. The number of amides is 1. The molecule has 5 nitrogen and oxygen atoms in total. The minimum absolute atomic E-state index is 0.255. The molecule has 0 aliphatic rings. The number of nitrogens with zero attached hydrogens (tertiary/aromatic N) is 3. The van der Waals surface area contributed by atoms with Gasteiger partial charge >= 0.3 is 0 Å². The lowest BCUT2D eigenvalue weighted by Crippen LogP contribution is -2.14. The SMILES string of the molecule is Cc1cc(-c2cc(C)nc(C(=O)Nc3nc(C)cs3)c2)ccn1. The number of anilines is 1. The van der Waals surface area contributed by atoms with E-state index in [4.69, 9.17) is 0 Å². The average Bonchev–Trinajstić information content (AvgIpc) is 2.91. The van der Waals surface area contributed by atoms with Crippen LogP contribution < -0.4 is 5.32 Å². The Bertz CT molecular complexity index is 873. The molecule has 0 fully saturated rings. The standard InChI is InChI=1S/C17H16N4OS/c1-10-6-13(4-5-18-10)14-7-11(2)19-15(8-14)16(22)21-17-20-12(3)9-23-17/h4-9H,1-3H3,(H,20,21,22). The minimum atomic E-state index is -0.255. The molecule has 0 aliphatic carbocycles. The van der Waals surface area contributed by atoms with Crippen LogP contribution in [0.15, 0.2) is 35.8 Å². The monoisotopic (exact) mass is 324 g/mol. The molecule has 0 spiro atoms. The Kier molecular flexibility index (Phi) is 4.16. The molecule has 6 heteroatoms. The third-order valence-electron chi connectivity index (χ3n) is 3.26. The third-order valence-corrected chi connectivity index (χ3v) is 4.13. The molecule has 0 radical (unpaired) electrons. The summed E-state index contributed by atoms with van der Waals surface area (Å²) in [5.74, 6) is -0.255. The zero-order valence-corrected chi connectivity index (χ0v) is 13.9. The van der Waals surface area contributed by atoms with Crippen LogP contribution in [0.1, 0.15) is 27.6 Å². The van der Waals surface area contributed by atoms with Gasteiger partial charge in [0.25, 0.3) is 5.91 Å². The number of nitrogens with one attached hydrogen (secondary N) is 1. The highest BCUT2D eigenvalue weighted by Gasteiger charge is 2.12. The van der Waals surface area contributed by atoms with E-state index in [1.54, 1.807) is 12.3 Å². The average molecular weight is 324 g/mol. The summed E-state index contributed by atoms with van der Waals surface area (Å²) >= 11 is 1.40. The molecule has 0 unspecified atom stereocenters. The van der Waals surface area contributed by atoms with E-state index in [9.17, 15) is 4.79 Å². The van der Waals surface area contributed by atoms with Gasteiger partial charge in [-0.25, -0.2) is 9.97 Å². The Labute approximate surface area is 138 Å². The summed E-state index contributed by atoms with van der Waals surface area (Å²) in [6.07, 6.45) is 1.76. The number of rotatable bonds is 3. The van der Waals surface area contributed by atoms with Gasteiger partial charge in [0.1, 0.15) is 5.69 Å². The smallest absolute Gasteiger partial charge is 0.276 e. The molecule has 0 aliphatic heterocycles. The van der Waals surface area contributed by atoms with Crippen LogP contribution in [0.3, 0.4) is 0 Å². The number of carbonyl (C=O) groups is 1. The number of carbonyl (C=O) groups excluding carboxylic acids is 1. The first-order chi connectivity index (χ1) is 11.0. The Hall–Kier alpha value is -2.60. The van der Waals surface area contributed by atoms with Crippen LogP contribution in [0, 0.1) is 20.8 Å². The van der Waals surface area contributed by atoms with E-state index in [2.05, 4.69) is 20.3 Å². The van der Waals surface area contributed by atoms with Crippen LogP contribution in [0.5, 0.6) is 0 Å². The molecule has 0 atom stereocenters. The highest BCUT2D eigenvalue weighted by molar-refractivity contribution is 7.13. The first-order valence-electron chi connectivity index (χ1n) is 7.16. The maximum atomic E-state index is 12.4. The van der Waals surface area contributed by atoms with Gasteiger partial charge in [0, 0.05) is 23.0 Å². The molecular formula is C17H16N4OS. The minimum Gasteiger partial charge on any atom is -0.296 e. The molecule has 0 saturated heterocycles. The van der Waals surface area contributed by atoms with E-state index < -0.39 is 0 Å². The highest BCUT2D eigenvalue weighted by atomic mass is 32.1. The van der Waals surface area contributed by atoms with Crippen molar-refractivity contribution in [2.24, 2.45) is 0 Å². The predicted octanol–water partition coefficient (Wildman–Crippen LogP) is 3.78. The van der Waals surface area contributed by atoms with Crippen LogP contribution >= 0.6 is 11.3 Å². The summed E-state index contributed by atoms with van der Waals surface area (Å²) in [5.41, 5.74) is 4.95. The van der Waals surface area contributed by atoms with Crippen molar-refractivity contribution in [1.29, 1.82) is 0 Å². The van der Waals surface area contributed by atoms with Gasteiger partial charge < -0.3 is 0 Å². The fourth-order valence-corrected chi connectivity index (χ4v) is 2.93. The van der Waals surface area contributed by atoms with E-state index in [1.165, 1.54) is 11.3 Å². The Morgan fingerprint density at radius 2 is 1.78 bits per heavy atom. The van der Waals surface area contributed by atoms with Crippen molar-refractivity contribution in [2.45, 2.75) is 20.8 Å². The van der Waals surface area contributed by atoms with E-state index >= 15 is 0 Å². The lowest BCUT2D eigenvalue weighted by molar-refractivity contribution is 0.102. The molecule has 3 aromatic rings. The lowest BCUT2D eigenvalue weighted by Gasteiger charge is -2.07. The molecule has 0 saturated carbocycles. The molecule has 0 aromatic carbocycles. The predicted molar refractivity (Wildman–Crippen MR) is 91.7 cm³/mol. The molecule has 1 N–H and O–H groups in total. The number of pyridine rings is 2. The quantitative estimate of drug-likeness (QED) is 0.796. The summed E-state index contributed by atoms with van der Waals surface area (Å²) < 4.78 is 0. The molecule has 1 amide bonds. The topological polar surface area (TPSA) is 67.8 Å². The summed E-state index contributed by atoms with van der Waals surface area (Å²) in [7, 11) is 0. The van der Waals surface area contributed by atoms with Crippen LogP contribution in [0.25, 0.3) is 11.1 Å². The fraction of sp³-hybridized carbons (Fsp3) is 0.176. The zero-order chi connectivity index (χ0) is 16.4. The van der Waals surface area contributed by atoms with Crippen molar-refractivity contribution >= 4 is 22.4 Å². The second kappa shape index (κ2) is 6.26. The van der Waals surface area contributed by atoms with Crippen molar-refractivity contribution in [2.75, 3.05) is 5.32 Å². The molecule has 0 bridgehead atoms. The van der Waals surface area contributed by atoms with Gasteiger partial charge in [-0.1, -0.05) is 0 Å². The highest BCUT2D eigenvalue weighted by Crippen LogP contribution is 2.22. The normalized spacial score (nSPS) is 10.6.